The molecule has 1 aliphatic rings. The second-order valence-electron chi connectivity index (χ2n) is 3.23. The van der Waals surface area contributed by atoms with E-state index >= 15 is 0 Å². The summed E-state index contributed by atoms with van der Waals surface area (Å²) in [6, 6.07) is 3.26. The van der Waals surface area contributed by atoms with Crippen molar-refractivity contribution >= 4 is 5.78 Å². The number of carbonyl (C=O) groups excluding carboxylic acids is 1. The molecule has 0 aromatic heterocycles. The number of Topliss-reactive ketones (excluding diaryl/α,β-unsaturated/α-hetero) is 1. The predicted octanol–water partition coefficient (Wildman–Crippen LogP) is 1.66. The Morgan fingerprint density at radius 3 is 2.77 bits per heavy atom. The van der Waals surface area contributed by atoms with E-state index in [4.69, 9.17) is 4.74 Å². The van der Waals surface area contributed by atoms with Gasteiger partial charge in [0, 0.05) is 0 Å². The van der Waals surface area contributed by atoms with Crippen molar-refractivity contribution < 1.29 is 14.6 Å². The van der Waals surface area contributed by atoms with Gasteiger partial charge in [0.2, 0.25) is 5.78 Å². The number of phenolic OH excluding ortho intramolecular Hbond substituents is 1. The first-order chi connectivity index (χ1) is 6.11. The Balaban J connectivity index is 2.68. The van der Waals surface area contributed by atoms with Gasteiger partial charge in [-0.1, -0.05) is 6.07 Å². The van der Waals surface area contributed by atoms with E-state index in [0.717, 1.165) is 5.56 Å². The summed E-state index contributed by atoms with van der Waals surface area (Å²) < 4.78 is 5.23. The molecule has 0 bridgehead atoms. The summed E-state index contributed by atoms with van der Waals surface area (Å²) in [5, 5.41) is 9.41. The van der Waals surface area contributed by atoms with Crippen molar-refractivity contribution in [2.24, 2.45) is 0 Å². The number of hydrogen-bond acceptors (Lipinski definition) is 3. The van der Waals surface area contributed by atoms with Gasteiger partial charge >= 0.3 is 0 Å². The highest BCUT2D eigenvalue weighted by Crippen LogP contribution is 2.38. The third-order valence-corrected chi connectivity index (χ3v) is 2.26. The van der Waals surface area contributed by atoms with E-state index in [2.05, 4.69) is 0 Å². The van der Waals surface area contributed by atoms with Crippen molar-refractivity contribution in [2.45, 2.75) is 20.0 Å². The van der Waals surface area contributed by atoms with Crippen molar-refractivity contribution in [3.63, 3.8) is 0 Å². The molecule has 68 valence electrons. The fourth-order valence-electron chi connectivity index (χ4n) is 1.53. The maximum atomic E-state index is 11.5. The monoisotopic (exact) mass is 178 g/mol. The maximum Gasteiger partial charge on any atom is 0.207 e. The molecule has 0 radical (unpaired) electrons. The molecular weight excluding hydrogens is 168 g/mol. The third-order valence-electron chi connectivity index (χ3n) is 2.26. The topological polar surface area (TPSA) is 46.5 Å². The zero-order chi connectivity index (χ0) is 9.59. The molecule has 0 amide bonds. The molecule has 1 unspecified atom stereocenters. The van der Waals surface area contributed by atoms with Gasteiger partial charge in [-0.2, -0.15) is 0 Å². The first kappa shape index (κ1) is 8.10. The van der Waals surface area contributed by atoms with Crippen molar-refractivity contribution in [3.8, 4) is 11.5 Å². The Hall–Kier alpha value is -1.51. The van der Waals surface area contributed by atoms with Crippen LogP contribution in [0.2, 0.25) is 0 Å². The van der Waals surface area contributed by atoms with E-state index in [1.807, 2.05) is 6.92 Å². The van der Waals surface area contributed by atoms with Gasteiger partial charge in [0.15, 0.2) is 17.6 Å². The fourth-order valence-corrected chi connectivity index (χ4v) is 1.53. The average molecular weight is 178 g/mol. The molecule has 1 aliphatic heterocycles. The zero-order valence-corrected chi connectivity index (χ0v) is 7.50. The van der Waals surface area contributed by atoms with E-state index in [1.165, 1.54) is 0 Å². The van der Waals surface area contributed by atoms with Crippen molar-refractivity contribution in [3.05, 3.63) is 23.3 Å². The Bertz CT molecular complexity index is 382. The van der Waals surface area contributed by atoms with Crippen molar-refractivity contribution in [1.29, 1.82) is 0 Å². The van der Waals surface area contributed by atoms with Gasteiger partial charge in [0.05, 0.1) is 5.56 Å². The Morgan fingerprint density at radius 1 is 1.46 bits per heavy atom. The van der Waals surface area contributed by atoms with Crippen LogP contribution in [-0.4, -0.2) is 17.0 Å². The van der Waals surface area contributed by atoms with Crippen LogP contribution in [0.15, 0.2) is 12.1 Å². The van der Waals surface area contributed by atoms with Crippen LogP contribution in [0.4, 0.5) is 0 Å². The molecule has 1 N–H and O–H groups in total. The molecule has 3 heteroatoms. The van der Waals surface area contributed by atoms with Crippen LogP contribution < -0.4 is 4.74 Å². The number of carbonyl (C=O) groups is 1. The van der Waals surface area contributed by atoms with Crippen LogP contribution in [0.25, 0.3) is 0 Å². The number of phenols is 1. The molecule has 1 atom stereocenters. The van der Waals surface area contributed by atoms with Crippen LogP contribution in [0.1, 0.15) is 22.8 Å². The summed E-state index contributed by atoms with van der Waals surface area (Å²) >= 11 is 0. The highest BCUT2D eigenvalue weighted by atomic mass is 16.5. The molecule has 2 rings (SSSR count). The number of aromatic hydroxyl groups is 1. The van der Waals surface area contributed by atoms with Crippen molar-refractivity contribution in [2.75, 3.05) is 0 Å². The maximum absolute atomic E-state index is 11.5. The molecule has 3 nitrogen and oxygen atoms in total. The number of rotatable bonds is 0. The van der Waals surface area contributed by atoms with E-state index < -0.39 is 6.10 Å². The minimum atomic E-state index is -0.470. The van der Waals surface area contributed by atoms with Crippen LogP contribution >= 0.6 is 0 Å². The van der Waals surface area contributed by atoms with Crippen LogP contribution in [0.3, 0.4) is 0 Å². The zero-order valence-electron chi connectivity index (χ0n) is 7.50. The minimum Gasteiger partial charge on any atom is -0.504 e. The molecule has 0 saturated carbocycles. The Labute approximate surface area is 76.0 Å². The molecule has 0 spiro atoms. The van der Waals surface area contributed by atoms with Gasteiger partial charge in [-0.15, -0.1) is 0 Å². The van der Waals surface area contributed by atoms with E-state index in [9.17, 15) is 9.90 Å². The van der Waals surface area contributed by atoms with Gasteiger partial charge < -0.3 is 9.84 Å². The highest BCUT2D eigenvalue weighted by molar-refractivity contribution is 6.06. The average Bonchev–Trinajstić information content (AvgIpc) is 2.38. The number of hydrogen-bond donors (Lipinski definition) is 1. The SMILES string of the molecule is Cc1ccc(O)c2c1C(=O)C(C)O2. The molecule has 0 saturated heterocycles. The van der Waals surface area contributed by atoms with Gasteiger partial charge in [-0.25, -0.2) is 0 Å². The summed E-state index contributed by atoms with van der Waals surface area (Å²) in [6.07, 6.45) is -0.470. The predicted molar refractivity (Wildman–Crippen MR) is 47.3 cm³/mol. The Morgan fingerprint density at radius 2 is 2.15 bits per heavy atom. The second-order valence-corrected chi connectivity index (χ2v) is 3.23. The lowest BCUT2D eigenvalue weighted by Gasteiger charge is -2.03. The van der Waals surface area contributed by atoms with Gasteiger partial charge in [-0.3, -0.25) is 4.79 Å². The number of benzene rings is 1. The summed E-state index contributed by atoms with van der Waals surface area (Å²) in [4.78, 5) is 11.5. The van der Waals surface area contributed by atoms with Crippen LogP contribution in [0.5, 0.6) is 11.5 Å². The Kier molecular flexibility index (Phi) is 1.55. The number of aryl methyl sites for hydroxylation is 1. The number of ether oxygens (including phenoxy) is 1. The first-order valence-electron chi connectivity index (χ1n) is 4.14. The quantitative estimate of drug-likeness (QED) is 0.657. The normalized spacial score (nSPS) is 19.8. The summed E-state index contributed by atoms with van der Waals surface area (Å²) in [7, 11) is 0. The lowest BCUT2D eigenvalue weighted by Crippen LogP contribution is -2.15. The number of ketones is 1. The van der Waals surface area contributed by atoms with Crippen LogP contribution in [0, 0.1) is 6.92 Å². The molecule has 0 fully saturated rings. The molecule has 1 aromatic rings. The van der Waals surface area contributed by atoms with Crippen molar-refractivity contribution in [1.82, 2.24) is 0 Å². The smallest absolute Gasteiger partial charge is 0.207 e. The molecule has 13 heavy (non-hydrogen) atoms. The third kappa shape index (κ3) is 1.00. The minimum absolute atomic E-state index is 0.0401. The lowest BCUT2D eigenvalue weighted by atomic mass is 10.0. The first-order valence-corrected chi connectivity index (χ1v) is 4.14. The summed E-state index contributed by atoms with van der Waals surface area (Å²) in [5.74, 6) is 0.319. The van der Waals surface area contributed by atoms with Gasteiger partial charge in [0.25, 0.3) is 0 Å². The van der Waals surface area contributed by atoms with E-state index in [0.29, 0.717) is 11.3 Å². The lowest BCUT2D eigenvalue weighted by molar-refractivity contribution is 0.0877. The molecular formula is C10H10O3. The summed E-state index contributed by atoms with van der Waals surface area (Å²) in [6.45, 7) is 3.51. The molecule has 1 aromatic carbocycles. The van der Waals surface area contributed by atoms with E-state index in [1.54, 1.807) is 19.1 Å². The van der Waals surface area contributed by atoms with E-state index in [-0.39, 0.29) is 11.5 Å². The van der Waals surface area contributed by atoms with Gasteiger partial charge in [0.1, 0.15) is 0 Å². The van der Waals surface area contributed by atoms with Crippen LogP contribution in [-0.2, 0) is 0 Å². The number of fused-ring (bicyclic) bond motifs is 1. The fraction of sp³-hybridized carbons (Fsp3) is 0.300. The molecule has 1 heterocycles. The second kappa shape index (κ2) is 2.49. The van der Waals surface area contributed by atoms with Gasteiger partial charge in [-0.05, 0) is 25.5 Å². The molecule has 0 aliphatic carbocycles. The largest absolute Gasteiger partial charge is 0.504 e. The summed E-state index contributed by atoms with van der Waals surface area (Å²) in [5.41, 5.74) is 1.37. The standard InChI is InChI=1S/C10H10O3/c1-5-3-4-7(11)10-8(5)9(12)6(2)13-10/h3-4,6,11H,1-2H3. The highest BCUT2D eigenvalue weighted by Gasteiger charge is 2.32.